The summed E-state index contributed by atoms with van der Waals surface area (Å²) in [6, 6.07) is 7.93. The normalized spacial score (nSPS) is 17.9. The maximum atomic E-state index is 11.3. The number of hydrogen-bond donors (Lipinski definition) is 2. The van der Waals surface area contributed by atoms with Gasteiger partial charge in [-0.2, -0.15) is 0 Å². The lowest BCUT2D eigenvalue weighted by molar-refractivity contribution is -0.122. The first kappa shape index (κ1) is 13.7. The SMILES string of the molecule is CC(N)(CCN1CCCOc2ccccc21)C(N)=O. The highest BCUT2D eigenvalue weighted by Crippen LogP contribution is 2.30. The smallest absolute Gasteiger partial charge is 0.237 e. The summed E-state index contributed by atoms with van der Waals surface area (Å²) in [6.07, 6.45) is 1.48. The minimum atomic E-state index is -0.970. The largest absolute Gasteiger partial charge is 0.491 e. The number of para-hydroxylation sites is 2. The Labute approximate surface area is 113 Å². The summed E-state index contributed by atoms with van der Waals surface area (Å²) in [7, 11) is 0. The number of amides is 1. The molecule has 0 saturated carbocycles. The fourth-order valence-electron chi connectivity index (χ4n) is 2.12. The van der Waals surface area contributed by atoms with Gasteiger partial charge in [-0.05, 0) is 31.9 Å². The van der Waals surface area contributed by atoms with Crippen LogP contribution in [-0.2, 0) is 4.79 Å². The Balaban J connectivity index is 2.10. The number of carbonyl (C=O) groups excluding carboxylic acids is 1. The molecule has 0 bridgehead atoms. The summed E-state index contributed by atoms with van der Waals surface area (Å²) in [4.78, 5) is 13.5. The summed E-state index contributed by atoms with van der Waals surface area (Å²) >= 11 is 0. The van der Waals surface area contributed by atoms with Crippen molar-refractivity contribution in [3.05, 3.63) is 24.3 Å². The van der Waals surface area contributed by atoms with Crippen molar-refractivity contribution in [1.29, 1.82) is 0 Å². The number of nitrogens with two attached hydrogens (primary N) is 2. The Morgan fingerprint density at radius 1 is 1.47 bits per heavy atom. The lowest BCUT2D eigenvalue weighted by atomic mass is 9.98. The van der Waals surface area contributed by atoms with Crippen molar-refractivity contribution >= 4 is 11.6 Å². The minimum absolute atomic E-state index is 0.466. The molecule has 4 N–H and O–H groups in total. The van der Waals surface area contributed by atoms with E-state index in [1.807, 2.05) is 24.3 Å². The molecule has 0 radical (unpaired) electrons. The van der Waals surface area contributed by atoms with Gasteiger partial charge in [-0.3, -0.25) is 4.79 Å². The quantitative estimate of drug-likeness (QED) is 0.844. The Bertz CT molecular complexity index is 460. The highest BCUT2D eigenvalue weighted by Gasteiger charge is 2.27. The van der Waals surface area contributed by atoms with E-state index in [4.69, 9.17) is 16.2 Å². The predicted octanol–water partition coefficient (Wildman–Crippen LogP) is 0.868. The van der Waals surface area contributed by atoms with Crippen LogP contribution in [0.4, 0.5) is 5.69 Å². The molecule has 0 fully saturated rings. The maximum Gasteiger partial charge on any atom is 0.237 e. The molecule has 0 aromatic heterocycles. The van der Waals surface area contributed by atoms with E-state index in [0.29, 0.717) is 19.6 Å². The second-order valence-electron chi connectivity index (χ2n) is 5.19. The molecule has 1 heterocycles. The average molecular weight is 263 g/mol. The first-order valence-electron chi connectivity index (χ1n) is 6.56. The molecule has 1 amide bonds. The predicted molar refractivity (Wildman–Crippen MR) is 75.2 cm³/mol. The standard InChI is InChI=1S/C14H21N3O2/c1-14(16,13(15)18)7-9-17-8-4-10-19-12-6-3-2-5-11(12)17/h2-3,5-6H,4,7-10,16H2,1H3,(H2,15,18). The number of hydrogen-bond acceptors (Lipinski definition) is 4. The van der Waals surface area contributed by atoms with Crippen LogP contribution < -0.4 is 21.1 Å². The molecule has 5 nitrogen and oxygen atoms in total. The Morgan fingerprint density at radius 3 is 2.95 bits per heavy atom. The van der Waals surface area contributed by atoms with Crippen molar-refractivity contribution < 1.29 is 9.53 Å². The molecule has 1 aromatic rings. The third kappa shape index (κ3) is 3.17. The fourth-order valence-corrected chi connectivity index (χ4v) is 2.12. The highest BCUT2D eigenvalue weighted by molar-refractivity contribution is 5.83. The summed E-state index contributed by atoms with van der Waals surface area (Å²) in [5.74, 6) is 0.421. The Kier molecular flexibility index (Phi) is 3.95. The van der Waals surface area contributed by atoms with Crippen molar-refractivity contribution in [2.75, 3.05) is 24.6 Å². The third-order valence-corrected chi connectivity index (χ3v) is 3.50. The topological polar surface area (TPSA) is 81.6 Å². The van der Waals surface area contributed by atoms with E-state index >= 15 is 0 Å². The van der Waals surface area contributed by atoms with Crippen molar-refractivity contribution in [2.45, 2.75) is 25.3 Å². The van der Waals surface area contributed by atoms with Gasteiger partial charge in [0, 0.05) is 13.1 Å². The minimum Gasteiger partial charge on any atom is -0.491 e. The molecule has 1 aromatic carbocycles. The number of anilines is 1. The van der Waals surface area contributed by atoms with Crippen LogP contribution in [-0.4, -0.2) is 31.1 Å². The number of ether oxygens (including phenoxy) is 1. The van der Waals surface area contributed by atoms with Crippen molar-refractivity contribution in [1.82, 2.24) is 0 Å². The van der Waals surface area contributed by atoms with Crippen LogP contribution in [0.25, 0.3) is 0 Å². The van der Waals surface area contributed by atoms with Crippen LogP contribution in [0.15, 0.2) is 24.3 Å². The molecule has 5 heteroatoms. The van der Waals surface area contributed by atoms with E-state index < -0.39 is 11.4 Å². The molecule has 0 spiro atoms. The van der Waals surface area contributed by atoms with E-state index in [0.717, 1.165) is 24.4 Å². The number of carbonyl (C=O) groups is 1. The van der Waals surface area contributed by atoms with Crippen LogP contribution in [0, 0.1) is 0 Å². The van der Waals surface area contributed by atoms with Crippen LogP contribution >= 0.6 is 0 Å². The molecule has 1 atom stereocenters. The summed E-state index contributed by atoms with van der Waals surface area (Å²) in [5, 5.41) is 0. The van der Waals surface area contributed by atoms with Crippen molar-refractivity contribution in [3.8, 4) is 5.75 Å². The van der Waals surface area contributed by atoms with E-state index in [9.17, 15) is 4.79 Å². The van der Waals surface area contributed by atoms with Gasteiger partial charge in [-0.15, -0.1) is 0 Å². The molecule has 0 saturated heterocycles. The first-order valence-corrected chi connectivity index (χ1v) is 6.56. The van der Waals surface area contributed by atoms with Gasteiger partial charge >= 0.3 is 0 Å². The van der Waals surface area contributed by atoms with Crippen molar-refractivity contribution in [3.63, 3.8) is 0 Å². The van der Waals surface area contributed by atoms with Crippen LogP contribution in [0.5, 0.6) is 5.75 Å². The lowest BCUT2D eigenvalue weighted by Gasteiger charge is -2.28. The number of fused-ring (bicyclic) bond motifs is 1. The zero-order valence-electron chi connectivity index (χ0n) is 11.3. The zero-order valence-corrected chi connectivity index (χ0v) is 11.3. The monoisotopic (exact) mass is 263 g/mol. The zero-order chi connectivity index (χ0) is 13.9. The second-order valence-corrected chi connectivity index (χ2v) is 5.19. The average Bonchev–Trinajstić information content (AvgIpc) is 2.58. The second kappa shape index (κ2) is 5.48. The Morgan fingerprint density at radius 2 is 2.21 bits per heavy atom. The molecule has 1 aliphatic heterocycles. The van der Waals surface area contributed by atoms with E-state index in [-0.39, 0.29) is 0 Å². The van der Waals surface area contributed by atoms with Gasteiger partial charge in [-0.1, -0.05) is 12.1 Å². The molecule has 1 aliphatic rings. The van der Waals surface area contributed by atoms with Crippen molar-refractivity contribution in [2.24, 2.45) is 11.5 Å². The third-order valence-electron chi connectivity index (χ3n) is 3.50. The van der Waals surface area contributed by atoms with Gasteiger partial charge in [0.1, 0.15) is 5.75 Å². The maximum absolute atomic E-state index is 11.3. The molecule has 104 valence electrons. The fraction of sp³-hybridized carbons (Fsp3) is 0.500. The first-order chi connectivity index (χ1) is 9.00. The lowest BCUT2D eigenvalue weighted by Crippen LogP contribution is -2.51. The van der Waals surface area contributed by atoms with Crippen LogP contribution in [0.2, 0.25) is 0 Å². The van der Waals surface area contributed by atoms with E-state index in [1.165, 1.54) is 0 Å². The van der Waals surface area contributed by atoms with Gasteiger partial charge in [-0.25, -0.2) is 0 Å². The van der Waals surface area contributed by atoms with E-state index in [1.54, 1.807) is 6.92 Å². The number of primary amides is 1. The van der Waals surface area contributed by atoms with Crippen LogP contribution in [0.3, 0.4) is 0 Å². The number of benzene rings is 1. The summed E-state index contributed by atoms with van der Waals surface area (Å²) < 4.78 is 5.69. The Hall–Kier alpha value is -1.75. The summed E-state index contributed by atoms with van der Waals surface area (Å²) in [5.41, 5.74) is 11.3. The molecular weight excluding hydrogens is 242 g/mol. The molecular formula is C14H21N3O2. The highest BCUT2D eigenvalue weighted by atomic mass is 16.5. The molecule has 2 rings (SSSR count). The molecule has 0 aliphatic carbocycles. The van der Waals surface area contributed by atoms with Crippen LogP contribution in [0.1, 0.15) is 19.8 Å². The number of nitrogens with zero attached hydrogens (tertiary/aromatic N) is 1. The molecule has 1 unspecified atom stereocenters. The van der Waals surface area contributed by atoms with Gasteiger partial charge in [0.2, 0.25) is 5.91 Å². The van der Waals surface area contributed by atoms with Gasteiger partial charge in [0.25, 0.3) is 0 Å². The number of rotatable bonds is 4. The summed E-state index contributed by atoms with van der Waals surface area (Å²) in [6.45, 7) is 3.97. The van der Waals surface area contributed by atoms with Gasteiger partial charge in [0.15, 0.2) is 0 Å². The van der Waals surface area contributed by atoms with Gasteiger partial charge in [0.05, 0.1) is 17.8 Å². The van der Waals surface area contributed by atoms with Gasteiger partial charge < -0.3 is 21.1 Å². The van der Waals surface area contributed by atoms with E-state index in [2.05, 4.69) is 4.90 Å². The molecule has 19 heavy (non-hydrogen) atoms.